The second-order valence-electron chi connectivity index (χ2n) is 6.86. The van der Waals surface area contributed by atoms with E-state index in [0.29, 0.717) is 17.3 Å². The van der Waals surface area contributed by atoms with E-state index in [9.17, 15) is 4.79 Å². The van der Waals surface area contributed by atoms with Crippen molar-refractivity contribution < 1.29 is 14.3 Å². The van der Waals surface area contributed by atoms with Gasteiger partial charge in [0.2, 0.25) is 6.79 Å². The second kappa shape index (κ2) is 6.63. The highest BCUT2D eigenvalue weighted by Gasteiger charge is 2.24. The maximum Gasteiger partial charge on any atom is 0.257 e. The quantitative estimate of drug-likeness (QED) is 0.698. The van der Waals surface area contributed by atoms with E-state index in [1.165, 1.54) is 0 Å². The van der Waals surface area contributed by atoms with E-state index in [-0.39, 0.29) is 12.7 Å². The Morgan fingerprint density at radius 1 is 1.11 bits per heavy atom. The van der Waals surface area contributed by atoms with Gasteiger partial charge in [0.25, 0.3) is 11.9 Å². The van der Waals surface area contributed by atoms with E-state index in [2.05, 4.69) is 15.1 Å². The van der Waals surface area contributed by atoms with Crippen molar-refractivity contribution in [3.8, 4) is 28.7 Å². The van der Waals surface area contributed by atoms with E-state index in [4.69, 9.17) is 9.47 Å². The minimum atomic E-state index is 0.0215. The van der Waals surface area contributed by atoms with Crippen molar-refractivity contribution in [2.24, 2.45) is 0 Å². The average molecular weight is 377 g/mol. The third-order valence-electron chi connectivity index (χ3n) is 5.13. The summed E-state index contributed by atoms with van der Waals surface area (Å²) < 4.78 is 12.4. The number of aromatic nitrogens is 4. The predicted octanol–water partition coefficient (Wildman–Crippen LogP) is 2.60. The van der Waals surface area contributed by atoms with Crippen LogP contribution < -0.4 is 9.47 Å². The van der Waals surface area contributed by atoms with Gasteiger partial charge in [-0.1, -0.05) is 0 Å². The van der Waals surface area contributed by atoms with Crippen LogP contribution in [0.25, 0.3) is 17.2 Å². The fourth-order valence-corrected chi connectivity index (χ4v) is 3.58. The zero-order valence-corrected chi connectivity index (χ0v) is 15.5. The lowest BCUT2D eigenvalue weighted by Gasteiger charge is -2.14. The Bertz CT molecular complexity index is 1060. The van der Waals surface area contributed by atoms with Gasteiger partial charge in [0.05, 0.1) is 23.1 Å². The lowest BCUT2D eigenvalue weighted by molar-refractivity contribution is 0.0792. The van der Waals surface area contributed by atoms with Gasteiger partial charge in [-0.2, -0.15) is 5.10 Å². The molecule has 28 heavy (non-hydrogen) atoms. The summed E-state index contributed by atoms with van der Waals surface area (Å²) in [6.45, 7) is 3.71. The van der Waals surface area contributed by atoms with Gasteiger partial charge in [0, 0.05) is 24.8 Å². The van der Waals surface area contributed by atoms with Gasteiger partial charge in [0.1, 0.15) is 0 Å². The van der Waals surface area contributed by atoms with Crippen molar-refractivity contribution in [1.29, 1.82) is 0 Å². The molecule has 2 aliphatic rings. The molecule has 0 saturated carbocycles. The molecule has 0 atom stereocenters. The number of hydrogen-bond donors (Lipinski definition) is 0. The lowest BCUT2D eigenvalue weighted by atomic mass is 10.1. The number of benzene rings is 1. The van der Waals surface area contributed by atoms with Gasteiger partial charge in [0.15, 0.2) is 11.5 Å². The highest BCUT2D eigenvalue weighted by Crippen LogP contribution is 2.35. The van der Waals surface area contributed by atoms with Crippen molar-refractivity contribution in [2.75, 3.05) is 19.9 Å². The van der Waals surface area contributed by atoms with Crippen molar-refractivity contribution in [3.63, 3.8) is 0 Å². The van der Waals surface area contributed by atoms with Gasteiger partial charge in [-0.05, 0) is 44.0 Å². The molecule has 2 aromatic heterocycles. The number of rotatable bonds is 3. The first-order valence-electron chi connectivity index (χ1n) is 9.28. The van der Waals surface area contributed by atoms with Crippen molar-refractivity contribution in [2.45, 2.75) is 19.8 Å². The fourth-order valence-electron chi connectivity index (χ4n) is 3.58. The van der Waals surface area contributed by atoms with Crippen LogP contribution in [-0.4, -0.2) is 50.4 Å². The third-order valence-corrected chi connectivity index (χ3v) is 5.13. The van der Waals surface area contributed by atoms with Crippen LogP contribution in [-0.2, 0) is 0 Å². The van der Waals surface area contributed by atoms with Gasteiger partial charge < -0.3 is 14.4 Å². The number of carbonyl (C=O) groups excluding carboxylic acids is 1. The van der Waals surface area contributed by atoms with Crippen LogP contribution in [0.1, 0.15) is 28.9 Å². The number of fused-ring (bicyclic) bond motifs is 1. The summed E-state index contributed by atoms with van der Waals surface area (Å²) in [5.74, 6) is 1.87. The summed E-state index contributed by atoms with van der Waals surface area (Å²) in [6.07, 6.45) is 5.40. The van der Waals surface area contributed by atoms with Gasteiger partial charge in [-0.15, -0.1) is 0 Å². The minimum absolute atomic E-state index is 0.0215. The third kappa shape index (κ3) is 2.77. The Morgan fingerprint density at radius 3 is 2.79 bits per heavy atom. The molecule has 4 heterocycles. The molecule has 142 valence electrons. The van der Waals surface area contributed by atoms with Crippen LogP contribution in [0.15, 0.2) is 36.7 Å². The van der Waals surface area contributed by atoms with E-state index >= 15 is 0 Å². The van der Waals surface area contributed by atoms with Crippen LogP contribution in [0.3, 0.4) is 0 Å². The van der Waals surface area contributed by atoms with Gasteiger partial charge in [-0.3, -0.25) is 4.79 Å². The number of ether oxygens (including phenoxy) is 2. The summed E-state index contributed by atoms with van der Waals surface area (Å²) in [4.78, 5) is 23.6. The molecule has 1 aromatic carbocycles. The molecule has 8 nitrogen and oxygen atoms in total. The van der Waals surface area contributed by atoms with Crippen LogP contribution in [0.2, 0.25) is 0 Å². The summed E-state index contributed by atoms with van der Waals surface area (Å²) in [5.41, 5.74) is 2.97. The number of likely N-dealkylation sites (tertiary alicyclic amines) is 1. The standard InChI is InChI=1S/C20H19N5O3/c1-13-15(19(26)24-8-2-3-9-24)11-22-25(13)20-21-7-6-16(23-20)14-4-5-17-18(10-14)28-12-27-17/h4-7,10-11H,2-3,8-9,12H2,1H3. The Morgan fingerprint density at radius 2 is 1.93 bits per heavy atom. The van der Waals surface area contributed by atoms with Crippen molar-refractivity contribution >= 4 is 5.91 Å². The Hall–Kier alpha value is -3.42. The molecule has 0 aliphatic carbocycles. The van der Waals surface area contributed by atoms with Crippen molar-refractivity contribution in [3.05, 3.63) is 47.9 Å². The van der Waals surface area contributed by atoms with Gasteiger partial charge >= 0.3 is 0 Å². The maximum absolute atomic E-state index is 12.7. The van der Waals surface area contributed by atoms with E-state index in [0.717, 1.165) is 48.6 Å². The van der Waals surface area contributed by atoms with E-state index < -0.39 is 0 Å². The molecule has 0 spiro atoms. The number of nitrogens with zero attached hydrogens (tertiary/aromatic N) is 5. The van der Waals surface area contributed by atoms with Crippen LogP contribution >= 0.6 is 0 Å². The molecular weight excluding hydrogens is 358 g/mol. The smallest absolute Gasteiger partial charge is 0.257 e. The first-order chi connectivity index (χ1) is 13.7. The number of carbonyl (C=O) groups is 1. The molecule has 0 radical (unpaired) electrons. The first kappa shape index (κ1) is 16.7. The molecule has 1 amide bonds. The maximum atomic E-state index is 12.7. The Balaban J connectivity index is 1.48. The van der Waals surface area contributed by atoms with Crippen LogP contribution in [0.5, 0.6) is 11.5 Å². The summed E-state index contributed by atoms with van der Waals surface area (Å²) in [7, 11) is 0. The molecule has 1 saturated heterocycles. The SMILES string of the molecule is Cc1c(C(=O)N2CCCC2)cnn1-c1nccc(-c2ccc3c(c2)OCO3)n1. The molecule has 2 aliphatic heterocycles. The lowest BCUT2D eigenvalue weighted by Crippen LogP contribution is -2.28. The number of amides is 1. The normalized spacial score (nSPS) is 15.2. The van der Waals surface area contributed by atoms with Crippen LogP contribution in [0, 0.1) is 6.92 Å². The Kier molecular flexibility index (Phi) is 3.96. The molecular formula is C20H19N5O3. The molecule has 0 bridgehead atoms. The number of hydrogen-bond acceptors (Lipinski definition) is 6. The molecule has 3 aromatic rings. The highest BCUT2D eigenvalue weighted by molar-refractivity contribution is 5.95. The minimum Gasteiger partial charge on any atom is -0.454 e. The predicted molar refractivity (Wildman–Crippen MR) is 101 cm³/mol. The largest absolute Gasteiger partial charge is 0.454 e. The van der Waals surface area contributed by atoms with Crippen molar-refractivity contribution in [1.82, 2.24) is 24.6 Å². The average Bonchev–Trinajstić information content (AvgIpc) is 3.47. The Labute approximate surface area is 161 Å². The van der Waals surface area contributed by atoms with E-state index in [1.807, 2.05) is 36.1 Å². The molecule has 1 fully saturated rings. The van der Waals surface area contributed by atoms with Crippen LogP contribution in [0.4, 0.5) is 0 Å². The molecule has 0 unspecified atom stereocenters. The topological polar surface area (TPSA) is 82.4 Å². The molecule has 8 heteroatoms. The summed E-state index contributed by atoms with van der Waals surface area (Å²) >= 11 is 0. The zero-order valence-electron chi connectivity index (χ0n) is 15.5. The van der Waals surface area contributed by atoms with Gasteiger partial charge in [-0.25, -0.2) is 14.6 Å². The molecule has 0 N–H and O–H groups in total. The fraction of sp³-hybridized carbons (Fsp3) is 0.300. The summed E-state index contributed by atoms with van der Waals surface area (Å²) in [6, 6.07) is 7.52. The molecule has 5 rings (SSSR count). The second-order valence-corrected chi connectivity index (χ2v) is 6.86. The first-order valence-corrected chi connectivity index (χ1v) is 9.28. The monoisotopic (exact) mass is 377 g/mol. The highest BCUT2D eigenvalue weighted by atomic mass is 16.7. The zero-order chi connectivity index (χ0) is 19.1. The van der Waals surface area contributed by atoms with E-state index in [1.54, 1.807) is 17.1 Å². The summed E-state index contributed by atoms with van der Waals surface area (Å²) in [5, 5.41) is 4.37.